The number of rotatable bonds is 11. The Bertz CT molecular complexity index is 1850. The molecule has 2 saturated heterocycles. The van der Waals surface area contributed by atoms with E-state index in [4.69, 9.17) is 9.47 Å². The highest BCUT2D eigenvalue weighted by atomic mass is 28.4. The lowest BCUT2D eigenvalue weighted by Crippen LogP contribution is -2.55. The van der Waals surface area contributed by atoms with Crippen LogP contribution in [0.1, 0.15) is 77.0 Å². The van der Waals surface area contributed by atoms with Crippen LogP contribution in [0.5, 0.6) is 0 Å². The molecule has 0 saturated carbocycles. The van der Waals surface area contributed by atoms with Crippen molar-refractivity contribution >= 4 is 43.5 Å². The molecule has 10 nitrogen and oxygen atoms in total. The molecule has 6 rings (SSSR count). The summed E-state index contributed by atoms with van der Waals surface area (Å²) in [5, 5.41) is 10.3. The number of fused-ring (bicyclic) bond motifs is 3. The number of allylic oxidation sites excluding steroid dienone is 3. The lowest BCUT2D eigenvalue weighted by molar-refractivity contribution is -0.154. The highest BCUT2D eigenvalue weighted by Crippen LogP contribution is 2.61. The topological polar surface area (TPSA) is 117 Å². The molecule has 1 spiro atoms. The van der Waals surface area contributed by atoms with Gasteiger partial charge in [-0.2, -0.15) is 0 Å². The summed E-state index contributed by atoms with van der Waals surface area (Å²) in [6, 6.07) is 12.6. The van der Waals surface area contributed by atoms with Gasteiger partial charge in [0.05, 0.1) is 37.3 Å². The molecule has 2 aromatic carbocycles. The lowest BCUT2D eigenvalue weighted by atomic mass is 9.82. The molecule has 1 unspecified atom stereocenters. The number of β-lactam (4-membered cyclic amide) rings is 1. The monoisotopic (exact) mass is 745 g/mol. The van der Waals surface area contributed by atoms with Crippen molar-refractivity contribution in [2.75, 3.05) is 23.0 Å². The van der Waals surface area contributed by atoms with Crippen molar-refractivity contribution in [2.45, 2.75) is 116 Å². The molecule has 284 valence electrons. The first-order valence-electron chi connectivity index (χ1n) is 18.6. The highest BCUT2D eigenvalue weighted by molar-refractivity contribution is 6.72. The molecule has 0 radical (unpaired) electrons. The molecule has 4 aliphatic rings. The normalized spacial score (nSPS) is 26.8. The van der Waals surface area contributed by atoms with E-state index in [1.165, 1.54) is 17.4 Å². The average Bonchev–Trinajstić information content (AvgIpc) is 3.51. The average molecular weight is 746 g/mol. The van der Waals surface area contributed by atoms with Gasteiger partial charge in [-0.3, -0.25) is 24.1 Å². The van der Waals surface area contributed by atoms with E-state index < -0.39 is 49.8 Å². The summed E-state index contributed by atoms with van der Waals surface area (Å²) in [6.07, 6.45) is 4.61. The Hall–Kier alpha value is -4.13. The summed E-state index contributed by atoms with van der Waals surface area (Å²) in [5.41, 5.74) is 3.61. The Morgan fingerprint density at radius 1 is 1.06 bits per heavy atom. The van der Waals surface area contributed by atoms with Crippen molar-refractivity contribution < 1.29 is 37.9 Å². The predicted octanol–water partition coefficient (Wildman–Crippen LogP) is 6.46. The first-order valence-corrected chi connectivity index (χ1v) is 21.6. The molecule has 4 aliphatic heterocycles. The van der Waals surface area contributed by atoms with Gasteiger partial charge >= 0.3 is 5.97 Å². The van der Waals surface area contributed by atoms with E-state index in [0.29, 0.717) is 29.9 Å². The van der Waals surface area contributed by atoms with E-state index in [1.54, 1.807) is 41.1 Å². The molecule has 3 amide bonds. The minimum absolute atomic E-state index is 0.0420. The van der Waals surface area contributed by atoms with Gasteiger partial charge in [0.25, 0.3) is 5.91 Å². The number of aliphatic hydroxyl groups is 1. The number of carbonyl (C=O) groups excluding carboxylic acids is 4. The molecule has 2 fully saturated rings. The van der Waals surface area contributed by atoms with E-state index in [2.05, 4.69) is 19.9 Å². The third kappa shape index (κ3) is 7.25. The minimum atomic E-state index is -3.60. The number of esters is 1. The largest absolute Gasteiger partial charge is 0.441 e. The van der Waals surface area contributed by atoms with Gasteiger partial charge in [0, 0.05) is 42.7 Å². The van der Waals surface area contributed by atoms with E-state index in [-0.39, 0.29) is 43.7 Å². The minimum Gasteiger partial charge on any atom is -0.441 e. The van der Waals surface area contributed by atoms with Gasteiger partial charge in [0.15, 0.2) is 11.8 Å². The smallest absolute Gasteiger partial charge is 0.304 e. The standard InChI is InChI=1S/C41H52FN3O7Si/c1-25(2)11-10-12-26(3)17-18-43-34-16-15-31(45-37(49)22-38(45)51-28(5)47)20-33(34)41(40(43)50)27(4)39(53(6,7)42)35(52-41)21-36(48)44-23-30-14-9-8-13-29(30)19-32(44)24-46/h8-9,11,13-17,20,27,32,35,38-39,46H,10,12,18-19,21-24H2,1-7H3/b26-17+/t27-,32+,35+,38?,39-,41+/m1/s1. The van der Waals surface area contributed by atoms with Crippen LogP contribution in [0.15, 0.2) is 65.8 Å². The Morgan fingerprint density at radius 2 is 1.77 bits per heavy atom. The van der Waals surface area contributed by atoms with Crippen molar-refractivity contribution in [2.24, 2.45) is 5.92 Å². The predicted molar refractivity (Wildman–Crippen MR) is 203 cm³/mol. The van der Waals surface area contributed by atoms with Gasteiger partial charge in [-0.15, -0.1) is 0 Å². The van der Waals surface area contributed by atoms with Gasteiger partial charge in [0.1, 0.15) is 0 Å². The van der Waals surface area contributed by atoms with E-state index in [9.17, 15) is 24.3 Å². The fourth-order valence-electron chi connectivity index (χ4n) is 8.82. The number of hydrogen-bond acceptors (Lipinski definition) is 7. The molecule has 4 heterocycles. The summed E-state index contributed by atoms with van der Waals surface area (Å²) >= 11 is 0. The molecule has 2 aromatic rings. The molecule has 6 atom stereocenters. The fourth-order valence-corrected chi connectivity index (χ4v) is 11.3. The second-order valence-electron chi connectivity index (χ2n) is 15.8. The van der Waals surface area contributed by atoms with Crippen LogP contribution in [-0.2, 0) is 47.2 Å². The number of amides is 3. The van der Waals surface area contributed by atoms with Crippen LogP contribution in [0.25, 0.3) is 0 Å². The number of ether oxygens (including phenoxy) is 2. The fraction of sp³-hybridized carbons (Fsp3) is 0.512. The third-order valence-corrected chi connectivity index (χ3v) is 13.9. The van der Waals surface area contributed by atoms with Crippen molar-refractivity contribution in [1.29, 1.82) is 0 Å². The number of halogens is 1. The lowest BCUT2D eigenvalue weighted by Gasteiger charge is -2.39. The van der Waals surface area contributed by atoms with Crippen LogP contribution in [0, 0.1) is 5.92 Å². The van der Waals surface area contributed by atoms with Crippen molar-refractivity contribution in [3.8, 4) is 0 Å². The highest BCUT2D eigenvalue weighted by Gasteiger charge is 2.67. The summed E-state index contributed by atoms with van der Waals surface area (Å²) in [7, 11) is -3.60. The SMILES string of the molecule is CC(=O)OC1CC(=O)N1c1ccc2c(c1)[C@]1(O[C@@H](CC(=O)N3Cc4ccccc4C[C@H]3CO)[C@H]([Si](C)(C)F)[C@H]1C)C(=O)N2C/C=C(\C)CCC=C(C)C. The van der Waals surface area contributed by atoms with Gasteiger partial charge in [-0.25, -0.2) is 0 Å². The van der Waals surface area contributed by atoms with E-state index >= 15 is 4.11 Å². The van der Waals surface area contributed by atoms with E-state index in [0.717, 1.165) is 29.5 Å². The summed E-state index contributed by atoms with van der Waals surface area (Å²) in [5.74, 6) is -2.01. The van der Waals surface area contributed by atoms with Gasteiger partial charge < -0.3 is 28.5 Å². The summed E-state index contributed by atoms with van der Waals surface area (Å²) in [6.45, 7) is 12.8. The third-order valence-electron chi connectivity index (χ3n) is 11.4. The summed E-state index contributed by atoms with van der Waals surface area (Å²) in [4.78, 5) is 58.6. The van der Waals surface area contributed by atoms with Gasteiger partial charge in [0.2, 0.25) is 20.2 Å². The molecule has 53 heavy (non-hydrogen) atoms. The van der Waals surface area contributed by atoms with Crippen LogP contribution < -0.4 is 9.80 Å². The second-order valence-corrected chi connectivity index (χ2v) is 19.6. The zero-order chi connectivity index (χ0) is 38.4. The number of carbonyl (C=O) groups is 4. The van der Waals surface area contributed by atoms with Crippen molar-refractivity contribution in [3.05, 3.63) is 82.5 Å². The number of hydrogen-bond donors (Lipinski definition) is 1. The number of aliphatic hydroxyl groups excluding tert-OH is 1. The number of nitrogens with zero attached hydrogens (tertiary/aromatic N) is 3. The van der Waals surface area contributed by atoms with Crippen molar-refractivity contribution in [3.63, 3.8) is 0 Å². The van der Waals surface area contributed by atoms with Gasteiger partial charge in [-0.1, -0.05) is 54.5 Å². The first-order chi connectivity index (χ1) is 25.1. The summed E-state index contributed by atoms with van der Waals surface area (Å²) < 4.78 is 28.9. The molecule has 0 aromatic heterocycles. The Balaban J connectivity index is 1.38. The second kappa shape index (κ2) is 14.9. The molecule has 0 aliphatic carbocycles. The Morgan fingerprint density at radius 3 is 2.42 bits per heavy atom. The maximum atomic E-state index is 16.6. The maximum Gasteiger partial charge on any atom is 0.304 e. The van der Waals surface area contributed by atoms with Crippen LogP contribution in [0.4, 0.5) is 15.5 Å². The van der Waals surface area contributed by atoms with Crippen LogP contribution in [-0.4, -0.2) is 73.6 Å². The quantitative estimate of drug-likeness (QED) is 0.0923. The first kappa shape index (κ1) is 38.6. The van der Waals surface area contributed by atoms with Gasteiger partial charge in [-0.05, 0) is 82.5 Å². The molecule has 1 N–H and O–H groups in total. The zero-order valence-electron chi connectivity index (χ0n) is 31.9. The molecular formula is C41H52FN3O7Si. The Kier molecular flexibility index (Phi) is 10.9. The van der Waals surface area contributed by atoms with E-state index in [1.807, 2.05) is 44.2 Å². The van der Waals surface area contributed by atoms with Crippen molar-refractivity contribution in [1.82, 2.24) is 4.90 Å². The molecular weight excluding hydrogens is 694 g/mol. The zero-order valence-corrected chi connectivity index (χ0v) is 32.9. The van der Waals surface area contributed by atoms with Crippen LogP contribution in [0.3, 0.4) is 0 Å². The van der Waals surface area contributed by atoms with Crippen LogP contribution in [0.2, 0.25) is 18.6 Å². The Labute approximate surface area is 312 Å². The number of anilines is 2. The maximum absolute atomic E-state index is 16.6. The van der Waals surface area contributed by atoms with Crippen LogP contribution >= 0.6 is 0 Å². The molecule has 0 bridgehead atoms. The molecule has 12 heteroatoms. The number of benzene rings is 2.